The zero-order valence-corrected chi connectivity index (χ0v) is 11.9. The number of ether oxygens (including phenoxy) is 1. The molecule has 0 saturated heterocycles. The largest absolute Gasteiger partial charge is 0.464 e. The minimum atomic E-state index is -0.390. The van der Waals surface area contributed by atoms with E-state index in [0.717, 1.165) is 12.8 Å². The zero-order valence-electron chi connectivity index (χ0n) is 11.2. The number of carbonyl (C=O) groups excluding carboxylic acids is 2. The Balaban J connectivity index is 2.48. The Morgan fingerprint density at radius 1 is 1.26 bits per heavy atom. The summed E-state index contributed by atoms with van der Waals surface area (Å²) in [5, 5.41) is 0.568. The van der Waals surface area contributed by atoms with Crippen LogP contribution in [0.5, 0.6) is 0 Å². The van der Waals surface area contributed by atoms with Crippen LogP contribution in [0.3, 0.4) is 0 Å². The Labute approximate surface area is 118 Å². The van der Waals surface area contributed by atoms with Crippen molar-refractivity contribution in [3.8, 4) is 0 Å². The number of unbranched alkanes of at least 4 members (excludes halogenated alkanes) is 1. The minimum Gasteiger partial charge on any atom is -0.464 e. The van der Waals surface area contributed by atoms with Gasteiger partial charge in [0.25, 0.3) is 5.91 Å². The van der Waals surface area contributed by atoms with Crippen molar-refractivity contribution < 1.29 is 14.3 Å². The SMILES string of the molecule is CCCCOC(=O)CN(C)C(=O)c1ccc(Cl)cc1. The molecule has 19 heavy (non-hydrogen) atoms. The second-order valence-corrected chi connectivity index (χ2v) is 4.68. The molecule has 0 fully saturated rings. The van der Waals surface area contributed by atoms with Gasteiger partial charge in [0.05, 0.1) is 6.61 Å². The number of rotatable bonds is 6. The van der Waals surface area contributed by atoms with Crippen molar-refractivity contribution in [1.82, 2.24) is 4.90 Å². The molecule has 0 saturated carbocycles. The maximum Gasteiger partial charge on any atom is 0.325 e. The molecule has 0 aliphatic rings. The van der Waals surface area contributed by atoms with Gasteiger partial charge in [0.1, 0.15) is 6.54 Å². The third-order valence-corrected chi connectivity index (χ3v) is 2.82. The average molecular weight is 284 g/mol. The van der Waals surface area contributed by atoms with Crippen LogP contribution in [-0.2, 0) is 9.53 Å². The Morgan fingerprint density at radius 2 is 1.89 bits per heavy atom. The van der Waals surface area contributed by atoms with Crippen LogP contribution < -0.4 is 0 Å². The molecule has 0 aromatic heterocycles. The first kappa shape index (κ1) is 15.5. The zero-order chi connectivity index (χ0) is 14.3. The Bertz CT molecular complexity index is 431. The number of nitrogens with zero attached hydrogens (tertiary/aromatic N) is 1. The Morgan fingerprint density at radius 3 is 2.47 bits per heavy atom. The monoisotopic (exact) mass is 283 g/mol. The summed E-state index contributed by atoms with van der Waals surface area (Å²) in [5.41, 5.74) is 0.494. The maximum atomic E-state index is 12.0. The standard InChI is InChI=1S/C14H18ClNO3/c1-3-4-9-19-13(17)10-16(2)14(18)11-5-7-12(15)8-6-11/h5-8H,3-4,9-10H2,1-2H3. The van der Waals surface area contributed by atoms with E-state index in [9.17, 15) is 9.59 Å². The Kier molecular flexibility index (Phi) is 6.36. The molecule has 0 aliphatic heterocycles. The van der Waals surface area contributed by atoms with Gasteiger partial charge in [0, 0.05) is 17.6 Å². The van der Waals surface area contributed by atoms with Gasteiger partial charge >= 0.3 is 5.97 Å². The lowest BCUT2D eigenvalue weighted by molar-refractivity contribution is -0.144. The van der Waals surface area contributed by atoms with Crippen LogP contribution >= 0.6 is 11.6 Å². The molecule has 1 aromatic carbocycles. The quantitative estimate of drug-likeness (QED) is 0.596. The van der Waals surface area contributed by atoms with Gasteiger partial charge in [-0.25, -0.2) is 0 Å². The molecule has 1 aromatic rings. The van der Waals surface area contributed by atoms with Crippen molar-refractivity contribution in [2.75, 3.05) is 20.2 Å². The smallest absolute Gasteiger partial charge is 0.325 e. The highest BCUT2D eigenvalue weighted by Crippen LogP contribution is 2.11. The van der Waals surface area contributed by atoms with Gasteiger partial charge in [-0.1, -0.05) is 24.9 Å². The van der Waals surface area contributed by atoms with Gasteiger partial charge in [-0.3, -0.25) is 9.59 Å². The van der Waals surface area contributed by atoms with E-state index in [1.54, 1.807) is 31.3 Å². The van der Waals surface area contributed by atoms with Crippen molar-refractivity contribution in [3.05, 3.63) is 34.9 Å². The molecule has 5 heteroatoms. The van der Waals surface area contributed by atoms with Crippen molar-refractivity contribution in [1.29, 1.82) is 0 Å². The number of esters is 1. The second-order valence-electron chi connectivity index (χ2n) is 4.24. The number of halogens is 1. The molecule has 4 nitrogen and oxygen atoms in total. The number of hydrogen-bond donors (Lipinski definition) is 0. The fourth-order valence-electron chi connectivity index (χ4n) is 1.45. The molecule has 0 spiro atoms. The fourth-order valence-corrected chi connectivity index (χ4v) is 1.58. The summed E-state index contributed by atoms with van der Waals surface area (Å²) in [6.45, 7) is 2.37. The molecule has 0 atom stereocenters. The topological polar surface area (TPSA) is 46.6 Å². The number of likely N-dealkylation sites (N-methyl/N-ethyl adjacent to an activating group) is 1. The van der Waals surface area contributed by atoms with E-state index in [1.165, 1.54) is 4.90 Å². The molecule has 0 aliphatic carbocycles. The van der Waals surface area contributed by atoms with Crippen molar-refractivity contribution in [2.45, 2.75) is 19.8 Å². The molecule has 0 N–H and O–H groups in total. The third kappa shape index (κ3) is 5.30. The van der Waals surface area contributed by atoms with Gasteiger partial charge < -0.3 is 9.64 Å². The highest BCUT2D eigenvalue weighted by molar-refractivity contribution is 6.30. The average Bonchev–Trinajstić information content (AvgIpc) is 2.39. The molecular formula is C14H18ClNO3. The van der Waals surface area contributed by atoms with E-state index in [-0.39, 0.29) is 12.5 Å². The lowest BCUT2D eigenvalue weighted by Gasteiger charge is -2.16. The number of hydrogen-bond acceptors (Lipinski definition) is 3. The molecule has 0 unspecified atom stereocenters. The first-order chi connectivity index (χ1) is 9.04. The van der Waals surface area contributed by atoms with E-state index in [4.69, 9.17) is 16.3 Å². The number of carbonyl (C=O) groups is 2. The van der Waals surface area contributed by atoms with Gasteiger partial charge in [-0.15, -0.1) is 0 Å². The van der Waals surface area contributed by atoms with Crippen LogP contribution in [-0.4, -0.2) is 37.0 Å². The van der Waals surface area contributed by atoms with Crippen LogP contribution in [0.2, 0.25) is 5.02 Å². The first-order valence-electron chi connectivity index (χ1n) is 6.21. The lowest BCUT2D eigenvalue weighted by atomic mass is 10.2. The van der Waals surface area contributed by atoms with E-state index in [1.807, 2.05) is 6.92 Å². The third-order valence-electron chi connectivity index (χ3n) is 2.57. The summed E-state index contributed by atoms with van der Waals surface area (Å²) in [7, 11) is 1.57. The Hall–Kier alpha value is -1.55. The van der Waals surface area contributed by atoms with Crippen LogP contribution in [0.25, 0.3) is 0 Å². The van der Waals surface area contributed by atoms with Gasteiger partial charge in [0.2, 0.25) is 0 Å². The molecule has 104 valence electrons. The molecule has 1 rings (SSSR count). The summed E-state index contributed by atoms with van der Waals surface area (Å²) in [6.07, 6.45) is 1.80. The van der Waals surface area contributed by atoms with E-state index in [2.05, 4.69) is 0 Å². The minimum absolute atomic E-state index is 0.0504. The van der Waals surface area contributed by atoms with E-state index < -0.39 is 5.97 Å². The van der Waals surface area contributed by atoms with Gasteiger partial charge in [0.15, 0.2) is 0 Å². The van der Waals surface area contributed by atoms with Gasteiger partial charge in [-0.05, 0) is 30.7 Å². The molecule has 0 radical (unpaired) electrons. The van der Waals surface area contributed by atoms with E-state index in [0.29, 0.717) is 17.2 Å². The fraction of sp³-hybridized carbons (Fsp3) is 0.429. The molecule has 1 amide bonds. The van der Waals surface area contributed by atoms with Crippen molar-refractivity contribution >= 4 is 23.5 Å². The molecular weight excluding hydrogens is 266 g/mol. The van der Waals surface area contributed by atoms with Crippen molar-refractivity contribution in [3.63, 3.8) is 0 Å². The summed E-state index contributed by atoms with van der Waals surface area (Å²) < 4.78 is 5.00. The van der Waals surface area contributed by atoms with Crippen LogP contribution in [0.4, 0.5) is 0 Å². The number of benzene rings is 1. The molecule has 0 bridgehead atoms. The predicted molar refractivity (Wildman–Crippen MR) is 74.3 cm³/mol. The van der Waals surface area contributed by atoms with Crippen LogP contribution in [0.1, 0.15) is 30.1 Å². The summed E-state index contributed by atoms with van der Waals surface area (Å²) >= 11 is 5.75. The molecule has 0 heterocycles. The summed E-state index contributed by atoms with van der Waals surface area (Å²) in [6, 6.07) is 6.54. The summed E-state index contributed by atoms with van der Waals surface area (Å²) in [5.74, 6) is -0.623. The summed E-state index contributed by atoms with van der Waals surface area (Å²) in [4.78, 5) is 24.8. The van der Waals surface area contributed by atoms with E-state index >= 15 is 0 Å². The highest BCUT2D eigenvalue weighted by atomic mass is 35.5. The number of amides is 1. The first-order valence-corrected chi connectivity index (χ1v) is 6.59. The van der Waals surface area contributed by atoms with Gasteiger partial charge in [-0.2, -0.15) is 0 Å². The lowest BCUT2D eigenvalue weighted by Crippen LogP contribution is -2.33. The van der Waals surface area contributed by atoms with Crippen LogP contribution in [0, 0.1) is 0 Å². The normalized spacial score (nSPS) is 10.1. The van der Waals surface area contributed by atoms with Crippen molar-refractivity contribution in [2.24, 2.45) is 0 Å². The predicted octanol–water partition coefficient (Wildman–Crippen LogP) is 2.76. The maximum absolute atomic E-state index is 12.0. The van der Waals surface area contributed by atoms with Crippen LogP contribution in [0.15, 0.2) is 24.3 Å². The highest BCUT2D eigenvalue weighted by Gasteiger charge is 2.15. The second kappa shape index (κ2) is 7.79.